The summed E-state index contributed by atoms with van der Waals surface area (Å²) >= 11 is 3.35. The van der Waals surface area contributed by atoms with Gasteiger partial charge in [0.25, 0.3) is 0 Å². The van der Waals surface area contributed by atoms with Crippen LogP contribution < -0.4 is 10.1 Å². The molecule has 0 unspecified atom stereocenters. The molecule has 1 aromatic carbocycles. The van der Waals surface area contributed by atoms with Crippen molar-refractivity contribution in [3.63, 3.8) is 0 Å². The van der Waals surface area contributed by atoms with E-state index in [1.165, 1.54) is 14.0 Å². The lowest BCUT2D eigenvalue weighted by molar-refractivity contribution is -0.138. The van der Waals surface area contributed by atoms with Crippen LogP contribution in [0.5, 0.6) is 6.01 Å². The van der Waals surface area contributed by atoms with Crippen molar-refractivity contribution in [2.75, 3.05) is 12.4 Å². The molecule has 2 fully saturated rings. The lowest BCUT2D eigenvalue weighted by atomic mass is 10.0. The first-order valence-electron chi connectivity index (χ1n) is 13.2. The zero-order valence-electron chi connectivity index (χ0n) is 23.0. The Hall–Kier alpha value is -4.19. The average Bonchev–Trinajstić information content (AvgIpc) is 3.32. The van der Waals surface area contributed by atoms with Gasteiger partial charge in [-0.2, -0.15) is 5.10 Å². The molecule has 0 radical (unpaired) electrons. The number of aryl methyl sites for hydroxylation is 1. The smallest absolute Gasteiger partial charge is 0.316 e. The van der Waals surface area contributed by atoms with Crippen LogP contribution in [0, 0.1) is 12.3 Å². The highest BCUT2D eigenvalue weighted by atomic mass is 79.9. The van der Waals surface area contributed by atoms with Gasteiger partial charge >= 0.3 is 6.01 Å². The maximum atomic E-state index is 13.8. The highest BCUT2D eigenvalue weighted by Crippen LogP contribution is 2.59. The molecular weight excluding hydrogens is 590 g/mol. The van der Waals surface area contributed by atoms with Crippen molar-refractivity contribution in [3.05, 3.63) is 58.6 Å². The summed E-state index contributed by atoms with van der Waals surface area (Å²) in [6, 6.07) is 8.85. The van der Waals surface area contributed by atoms with E-state index in [-0.39, 0.29) is 47.3 Å². The molecule has 1 N–H and O–H groups in total. The van der Waals surface area contributed by atoms with Gasteiger partial charge in [-0.15, -0.1) is 0 Å². The summed E-state index contributed by atoms with van der Waals surface area (Å²) in [5.74, 6) is -0.233. The van der Waals surface area contributed by atoms with Crippen LogP contribution in [0.2, 0.25) is 0 Å². The summed E-state index contributed by atoms with van der Waals surface area (Å²) in [5.41, 5.74) is 3.20. The van der Waals surface area contributed by atoms with E-state index in [0.29, 0.717) is 27.7 Å². The van der Waals surface area contributed by atoms with E-state index in [9.17, 15) is 14.4 Å². The second kappa shape index (κ2) is 10.0. The molecular formula is C29H28BrN7O4. The summed E-state index contributed by atoms with van der Waals surface area (Å²) in [7, 11) is 1.50. The molecule has 3 aromatic heterocycles. The lowest BCUT2D eigenvalue weighted by Crippen LogP contribution is -2.47. The highest BCUT2D eigenvalue weighted by molar-refractivity contribution is 9.10. The monoisotopic (exact) mass is 617 g/mol. The lowest BCUT2D eigenvalue weighted by Gasteiger charge is -2.27. The predicted octanol–water partition coefficient (Wildman–Crippen LogP) is 4.19. The fourth-order valence-corrected chi connectivity index (χ4v) is 6.02. The number of amides is 2. The topological polar surface area (TPSA) is 132 Å². The number of Topliss-reactive ketones (excluding diaryl/α,β-unsaturated/α-hetero) is 1. The van der Waals surface area contributed by atoms with Gasteiger partial charge < -0.3 is 15.0 Å². The molecule has 1 aliphatic carbocycles. The van der Waals surface area contributed by atoms with Gasteiger partial charge in [0.15, 0.2) is 5.78 Å². The van der Waals surface area contributed by atoms with Gasteiger partial charge in [-0.05, 0) is 70.4 Å². The summed E-state index contributed by atoms with van der Waals surface area (Å²) in [5, 5.41) is 8.08. The maximum Gasteiger partial charge on any atom is 0.316 e. The molecule has 41 heavy (non-hydrogen) atoms. The molecule has 1 aliphatic heterocycles. The van der Waals surface area contributed by atoms with Crippen LogP contribution in [0.15, 0.2) is 47.3 Å². The Balaban J connectivity index is 1.28. The second-order valence-electron chi connectivity index (χ2n) is 10.9. The number of hydrogen-bond acceptors (Lipinski definition) is 8. The Labute approximate surface area is 244 Å². The van der Waals surface area contributed by atoms with Gasteiger partial charge in [-0.1, -0.05) is 19.1 Å². The van der Waals surface area contributed by atoms with Crippen LogP contribution in [0.25, 0.3) is 22.0 Å². The first kappa shape index (κ1) is 27.0. The first-order chi connectivity index (χ1) is 19.6. The molecule has 11 nitrogen and oxygen atoms in total. The largest absolute Gasteiger partial charge is 0.467 e. The van der Waals surface area contributed by atoms with E-state index in [4.69, 9.17) is 4.74 Å². The Kier molecular flexibility index (Phi) is 6.60. The number of nitrogens with one attached hydrogen (secondary N) is 1. The van der Waals surface area contributed by atoms with Gasteiger partial charge in [-0.25, -0.2) is 15.0 Å². The molecule has 4 aromatic rings. The number of methoxy groups -OCH3 is 1. The minimum Gasteiger partial charge on any atom is -0.467 e. The number of aromatic nitrogens is 5. The molecule has 6 rings (SSSR count). The van der Waals surface area contributed by atoms with Crippen LogP contribution in [-0.2, 0) is 16.1 Å². The number of nitrogens with zero attached hydrogens (tertiary/aromatic N) is 6. The average molecular weight is 618 g/mol. The van der Waals surface area contributed by atoms with E-state index in [1.54, 1.807) is 22.0 Å². The Morgan fingerprint density at radius 1 is 1.12 bits per heavy atom. The SMILES string of the molecule is COc1ncc(-c2ccc3c(c2)c(C(C)=O)nn3CC(=O)N2[C@H](C(=O)Nc3nc(Br)ccc3C)C[C@@]3(C)C[C@@H]23)cn1. The van der Waals surface area contributed by atoms with Crippen LogP contribution in [0.4, 0.5) is 5.82 Å². The number of piperidine rings is 1. The number of ether oxygens (including phenoxy) is 1. The fraction of sp³-hybridized carbons (Fsp3) is 0.345. The van der Waals surface area contributed by atoms with Crippen molar-refractivity contribution in [3.8, 4) is 17.1 Å². The Bertz CT molecular complexity index is 1720. The molecule has 4 heterocycles. The van der Waals surface area contributed by atoms with E-state index >= 15 is 0 Å². The standard InChI is InChI=1S/C29H28BrN7O4/c1-15-5-8-23(30)33-26(15)34-27(40)21-10-29(3)11-22(29)37(21)24(39)14-36-20-7-6-17(9-19(20)25(35-36)16(2)38)18-12-31-28(41-4)32-13-18/h5-9,12-13,21-22H,10-11,14H2,1-4H3,(H,33,34,40)/t21-,22+,29-/m0/s1. The van der Waals surface area contributed by atoms with E-state index < -0.39 is 6.04 Å². The van der Waals surface area contributed by atoms with Gasteiger partial charge in [0.2, 0.25) is 11.8 Å². The molecule has 1 saturated carbocycles. The molecule has 2 aliphatic rings. The van der Waals surface area contributed by atoms with Crippen molar-refractivity contribution >= 4 is 50.2 Å². The minimum atomic E-state index is -0.623. The zero-order chi connectivity index (χ0) is 29.1. The first-order valence-corrected chi connectivity index (χ1v) is 14.0. The maximum absolute atomic E-state index is 13.8. The molecule has 0 spiro atoms. The van der Waals surface area contributed by atoms with Gasteiger partial charge in [0.1, 0.15) is 28.7 Å². The molecule has 210 valence electrons. The number of halogens is 1. The molecule has 12 heteroatoms. The summed E-state index contributed by atoms with van der Waals surface area (Å²) in [4.78, 5) is 54.2. The molecule has 2 amide bonds. The van der Waals surface area contributed by atoms with Crippen molar-refractivity contribution in [2.45, 2.75) is 52.2 Å². The Morgan fingerprint density at radius 2 is 1.88 bits per heavy atom. The number of rotatable bonds is 7. The number of ketones is 1. The normalized spacial score (nSPS) is 21.0. The number of anilines is 1. The number of pyridine rings is 1. The summed E-state index contributed by atoms with van der Waals surface area (Å²) in [6.07, 6.45) is 4.71. The highest BCUT2D eigenvalue weighted by Gasteiger charge is 2.64. The number of benzene rings is 1. The van der Waals surface area contributed by atoms with Crippen molar-refractivity contribution < 1.29 is 19.1 Å². The third-order valence-corrected chi connectivity index (χ3v) is 8.49. The van der Waals surface area contributed by atoms with Crippen LogP contribution in [0.3, 0.4) is 0 Å². The molecule has 3 atom stereocenters. The van der Waals surface area contributed by atoms with Crippen LogP contribution in [0.1, 0.15) is 42.7 Å². The van der Waals surface area contributed by atoms with Gasteiger partial charge in [0.05, 0.1) is 12.6 Å². The van der Waals surface area contributed by atoms with E-state index in [2.05, 4.69) is 48.2 Å². The third-order valence-electron chi connectivity index (χ3n) is 8.04. The number of hydrogen-bond donors (Lipinski definition) is 1. The quantitative estimate of drug-likeness (QED) is 0.241. The van der Waals surface area contributed by atoms with Gasteiger partial charge in [-0.3, -0.25) is 19.1 Å². The van der Waals surface area contributed by atoms with Crippen LogP contribution in [-0.4, -0.2) is 66.4 Å². The third kappa shape index (κ3) is 4.86. The second-order valence-corrected chi connectivity index (χ2v) is 11.7. The number of carbonyl (C=O) groups excluding carboxylic acids is 3. The molecule has 1 saturated heterocycles. The van der Waals surface area contributed by atoms with Crippen molar-refractivity contribution in [1.29, 1.82) is 0 Å². The zero-order valence-corrected chi connectivity index (χ0v) is 24.6. The fourth-order valence-electron chi connectivity index (χ4n) is 5.71. The molecule has 0 bridgehead atoms. The van der Waals surface area contributed by atoms with E-state index in [0.717, 1.165) is 23.1 Å². The Morgan fingerprint density at radius 3 is 2.59 bits per heavy atom. The summed E-state index contributed by atoms with van der Waals surface area (Å²) < 4.78 is 7.21. The number of carbonyl (C=O) groups is 3. The van der Waals surface area contributed by atoms with Gasteiger partial charge in [0, 0.05) is 36.3 Å². The summed E-state index contributed by atoms with van der Waals surface area (Å²) in [6.45, 7) is 5.33. The van der Waals surface area contributed by atoms with Crippen molar-refractivity contribution in [2.24, 2.45) is 5.41 Å². The van der Waals surface area contributed by atoms with Crippen molar-refractivity contribution in [1.82, 2.24) is 29.6 Å². The predicted molar refractivity (Wildman–Crippen MR) is 154 cm³/mol. The number of likely N-dealkylation sites (tertiary alicyclic amines) is 1. The van der Waals surface area contributed by atoms with Crippen LogP contribution >= 0.6 is 15.9 Å². The van der Waals surface area contributed by atoms with E-state index in [1.807, 2.05) is 37.3 Å². The number of fused-ring (bicyclic) bond motifs is 2. The minimum absolute atomic E-state index is 0.0157.